The summed E-state index contributed by atoms with van der Waals surface area (Å²) in [4.78, 5) is 6.57. The third kappa shape index (κ3) is 2.67. The van der Waals surface area contributed by atoms with Crippen LogP contribution in [0.5, 0.6) is 11.5 Å². The fourth-order valence-electron chi connectivity index (χ4n) is 3.26. The Labute approximate surface area is 136 Å². The van der Waals surface area contributed by atoms with E-state index in [0.717, 1.165) is 36.7 Å². The number of anilines is 2. The van der Waals surface area contributed by atoms with Gasteiger partial charge < -0.3 is 19.7 Å². The van der Waals surface area contributed by atoms with E-state index in [1.165, 1.54) is 11.3 Å². The maximum absolute atomic E-state index is 5.77. The van der Waals surface area contributed by atoms with Crippen molar-refractivity contribution >= 4 is 11.4 Å². The largest absolute Gasteiger partial charge is 0.486 e. The van der Waals surface area contributed by atoms with Gasteiger partial charge >= 0.3 is 0 Å². The summed E-state index contributed by atoms with van der Waals surface area (Å²) in [5, 5.41) is 3.54. The van der Waals surface area contributed by atoms with Crippen molar-refractivity contribution in [1.82, 2.24) is 4.98 Å². The Morgan fingerprint density at radius 3 is 2.65 bits per heavy atom. The van der Waals surface area contributed by atoms with Gasteiger partial charge in [-0.3, -0.25) is 4.98 Å². The fourth-order valence-corrected chi connectivity index (χ4v) is 3.26. The first-order valence-corrected chi connectivity index (χ1v) is 8.18. The lowest BCUT2D eigenvalue weighted by atomic mass is 10.0. The van der Waals surface area contributed by atoms with Crippen LogP contribution in [0.4, 0.5) is 11.4 Å². The van der Waals surface area contributed by atoms with Gasteiger partial charge in [0.2, 0.25) is 0 Å². The van der Waals surface area contributed by atoms with Crippen LogP contribution in [0.2, 0.25) is 0 Å². The summed E-state index contributed by atoms with van der Waals surface area (Å²) in [7, 11) is 0. The summed E-state index contributed by atoms with van der Waals surface area (Å²) < 4.78 is 11.5. The number of nitrogens with one attached hydrogen (secondary N) is 1. The number of rotatable bonds is 3. The van der Waals surface area contributed by atoms with Gasteiger partial charge in [0.15, 0.2) is 11.5 Å². The highest BCUT2D eigenvalue weighted by Gasteiger charge is 2.27. The van der Waals surface area contributed by atoms with E-state index in [9.17, 15) is 0 Å². The molecule has 0 saturated heterocycles. The second kappa shape index (κ2) is 5.99. The molecule has 1 aromatic heterocycles. The van der Waals surface area contributed by atoms with Crippen molar-refractivity contribution in [2.24, 2.45) is 0 Å². The van der Waals surface area contributed by atoms with Crippen molar-refractivity contribution in [3.8, 4) is 11.5 Å². The van der Waals surface area contributed by atoms with Crippen LogP contribution in [0.25, 0.3) is 0 Å². The number of fused-ring (bicyclic) bond motifs is 2. The van der Waals surface area contributed by atoms with Crippen LogP contribution in [0.15, 0.2) is 36.7 Å². The van der Waals surface area contributed by atoms with Crippen molar-refractivity contribution in [3.05, 3.63) is 42.2 Å². The van der Waals surface area contributed by atoms with Gasteiger partial charge in [-0.2, -0.15) is 0 Å². The van der Waals surface area contributed by atoms with Crippen molar-refractivity contribution < 1.29 is 9.47 Å². The number of hydrogen-bond acceptors (Lipinski definition) is 5. The van der Waals surface area contributed by atoms with E-state index in [-0.39, 0.29) is 0 Å². The van der Waals surface area contributed by atoms with Crippen molar-refractivity contribution in [2.75, 3.05) is 30.0 Å². The van der Waals surface area contributed by atoms with Crippen molar-refractivity contribution in [3.63, 3.8) is 0 Å². The topological polar surface area (TPSA) is 46.6 Å². The number of hydrogen-bond donors (Lipinski definition) is 1. The molecule has 5 nitrogen and oxygen atoms in total. The van der Waals surface area contributed by atoms with Crippen LogP contribution in [-0.4, -0.2) is 30.8 Å². The molecular formula is C18H21N3O2. The van der Waals surface area contributed by atoms with E-state index in [1.807, 2.05) is 12.4 Å². The molecule has 120 valence electrons. The second-order valence-electron chi connectivity index (χ2n) is 5.94. The maximum Gasteiger partial charge on any atom is 0.163 e. The molecule has 2 aromatic rings. The summed E-state index contributed by atoms with van der Waals surface area (Å²) in [5.74, 6) is 1.68. The second-order valence-corrected chi connectivity index (χ2v) is 5.94. The van der Waals surface area contributed by atoms with E-state index in [1.54, 1.807) is 0 Å². The molecule has 3 heterocycles. The van der Waals surface area contributed by atoms with E-state index in [4.69, 9.17) is 9.47 Å². The summed E-state index contributed by atoms with van der Waals surface area (Å²) in [6.07, 6.45) is 4.79. The Morgan fingerprint density at radius 2 is 1.91 bits per heavy atom. The summed E-state index contributed by atoms with van der Waals surface area (Å²) in [5.41, 5.74) is 3.57. The summed E-state index contributed by atoms with van der Waals surface area (Å²) >= 11 is 0. The van der Waals surface area contributed by atoms with Gasteiger partial charge in [-0.05, 0) is 24.1 Å². The molecule has 1 N–H and O–H groups in total. The van der Waals surface area contributed by atoms with E-state index < -0.39 is 0 Å². The molecule has 1 aromatic carbocycles. The monoisotopic (exact) mass is 311 g/mol. The standard InChI is InChI=1S/C18H21N3O2/c1-2-14-11-20-15-9-17-18(23-8-7-22-17)10-16(15)21(14)12-13-3-5-19-6-4-13/h3-6,9-10,14,20H,2,7-8,11-12H2,1H3. The Kier molecular flexibility index (Phi) is 3.69. The summed E-state index contributed by atoms with van der Waals surface area (Å²) in [6, 6.07) is 8.78. The van der Waals surface area contributed by atoms with Crippen molar-refractivity contribution in [2.45, 2.75) is 25.9 Å². The van der Waals surface area contributed by atoms with E-state index in [0.29, 0.717) is 19.3 Å². The molecule has 1 unspecified atom stereocenters. The molecule has 0 radical (unpaired) electrons. The van der Waals surface area contributed by atoms with Gasteiger partial charge in [-0.1, -0.05) is 6.92 Å². The lowest BCUT2D eigenvalue weighted by Crippen LogP contribution is -2.43. The predicted molar refractivity (Wildman–Crippen MR) is 90.4 cm³/mol. The average molecular weight is 311 g/mol. The SMILES string of the molecule is CCC1CNc2cc3c(cc2N1Cc1ccncc1)OCCO3. The fraction of sp³-hybridized carbons (Fsp3) is 0.389. The van der Waals surface area contributed by atoms with Gasteiger partial charge in [0.05, 0.1) is 11.4 Å². The Balaban J connectivity index is 1.72. The lowest BCUT2D eigenvalue weighted by Gasteiger charge is -2.40. The Bertz CT molecular complexity index is 690. The molecule has 2 aliphatic rings. The molecule has 0 bridgehead atoms. The highest BCUT2D eigenvalue weighted by Crippen LogP contribution is 2.43. The van der Waals surface area contributed by atoms with Crippen LogP contribution in [0.3, 0.4) is 0 Å². The van der Waals surface area contributed by atoms with E-state index in [2.05, 4.69) is 46.4 Å². The molecule has 0 fully saturated rings. The van der Waals surface area contributed by atoms with Crippen LogP contribution < -0.4 is 19.7 Å². The first-order chi connectivity index (χ1) is 11.3. The zero-order chi connectivity index (χ0) is 15.6. The smallest absolute Gasteiger partial charge is 0.163 e. The zero-order valence-corrected chi connectivity index (χ0v) is 13.3. The molecule has 0 amide bonds. The van der Waals surface area contributed by atoms with Crippen LogP contribution in [-0.2, 0) is 6.54 Å². The molecule has 5 heteroatoms. The Morgan fingerprint density at radius 1 is 1.17 bits per heavy atom. The minimum absolute atomic E-state index is 0.457. The van der Waals surface area contributed by atoms with Gasteiger partial charge in [0.25, 0.3) is 0 Å². The highest BCUT2D eigenvalue weighted by atomic mass is 16.6. The maximum atomic E-state index is 5.77. The zero-order valence-electron chi connectivity index (χ0n) is 13.3. The molecule has 0 aliphatic carbocycles. The molecule has 23 heavy (non-hydrogen) atoms. The van der Waals surface area contributed by atoms with Crippen molar-refractivity contribution in [1.29, 1.82) is 0 Å². The highest BCUT2D eigenvalue weighted by molar-refractivity contribution is 5.77. The lowest BCUT2D eigenvalue weighted by molar-refractivity contribution is 0.171. The first-order valence-electron chi connectivity index (χ1n) is 8.18. The number of benzene rings is 1. The quantitative estimate of drug-likeness (QED) is 0.944. The number of aromatic nitrogens is 1. The molecule has 0 spiro atoms. The third-order valence-corrected chi connectivity index (χ3v) is 4.51. The first kappa shape index (κ1) is 14.2. The van der Waals surface area contributed by atoms with Crippen LogP contribution in [0.1, 0.15) is 18.9 Å². The van der Waals surface area contributed by atoms with Gasteiger partial charge in [0.1, 0.15) is 13.2 Å². The minimum Gasteiger partial charge on any atom is -0.486 e. The number of nitrogens with zero attached hydrogens (tertiary/aromatic N) is 2. The molecule has 1 atom stereocenters. The van der Waals surface area contributed by atoms with E-state index >= 15 is 0 Å². The van der Waals surface area contributed by atoms with Gasteiger partial charge in [-0.25, -0.2) is 0 Å². The van der Waals surface area contributed by atoms with Crippen LogP contribution in [0, 0.1) is 0 Å². The van der Waals surface area contributed by atoms with Gasteiger partial charge in [-0.15, -0.1) is 0 Å². The Hall–Kier alpha value is -2.43. The molecule has 4 rings (SSSR count). The summed E-state index contributed by atoms with van der Waals surface area (Å²) in [6.45, 7) is 5.27. The normalized spacial score (nSPS) is 19.0. The van der Waals surface area contributed by atoms with Crippen LogP contribution >= 0.6 is 0 Å². The number of ether oxygens (including phenoxy) is 2. The van der Waals surface area contributed by atoms with Gasteiger partial charge in [0, 0.05) is 43.7 Å². The molecule has 2 aliphatic heterocycles. The predicted octanol–water partition coefficient (Wildman–Crippen LogP) is 3.06. The average Bonchev–Trinajstić information content (AvgIpc) is 2.61. The third-order valence-electron chi connectivity index (χ3n) is 4.51. The molecule has 0 saturated carbocycles. The molecular weight excluding hydrogens is 290 g/mol. The minimum atomic E-state index is 0.457. The number of pyridine rings is 1.